The Morgan fingerprint density at radius 3 is 2.19 bits per heavy atom. The first-order valence-electron chi connectivity index (χ1n) is 5.36. The lowest BCUT2D eigenvalue weighted by Gasteiger charge is -2.11. The Labute approximate surface area is 148 Å². The van der Waals surface area contributed by atoms with Crippen LogP contribution in [0.25, 0.3) is 0 Å². The number of benzene rings is 2. The number of phenolic OH excluding ortho intramolecular Hbond substituents is 1. The van der Waals surface area contributed by atoms with Gasteiger partial charge in [-0.25, -0.2) is 8.42 Å². The topological polar surface area (TPSA) is 66.4 Å². The van der Waals surface area contributed by atoms with Gasteiger partial charge < -0.3 is 5.11 Å². The van der Waals surface area contributed by atoms with Gasteiger partial charge in [-0.15, -0.1) is 0 Å². The molecule has 0 heterocycles. The molecule has 0 aliphatic heterocycles. The van der Waals surface area contributed by atoms with Gasteiger partial charge in [0.05, 0.1) is 15.7 Å². The summed E-state index contributed by atoms with van der Waals surface area (Å²) in [6.07, 6.45) is 0. The Morgan fingerprint density at radius 1 is 1.05 bits per heavy atom. The number of phenols is 1. The number of rotatable bonds is 3. The number of hydrogen-bond donors (Lipinski definition) is 2. The van der Waals surface area contributed by atoms with E-state index in [1.807, 2.05) is 0 Å². The minimum atomic E-state index is -3.84. The highest BCUT2D eigenvalue weighted by molar-refractivity contribution is 9.11. The van der Waals surface area contributed by atoms with Crippen molar-refractivity contribution >= 4 is 70.8 Å². The smallest absolute Gasteiger partial charge is 0.263 e. The van der Waals surface area contributed by atoms with E-state index in [0.717, 1.165) is 0 Å². The molecule has 0 amide bonds. The predicted octanol–water partition coefficient (Wildman–Crippen LogP) is 5.02. The molecule has 4 nitrogen and oxygen atoms in total. The highest BCUT2D eigenvalue weighted by Gasteiger charge is 2.19. The van der Waals surface area contributed by atoms with Gasteiger partial charge in [0.1, 0.15) is 4.90 Å². The van der Waals surface area contributed by atoms with E-state index >= 15 is 0 Å². The molecule has 0 unspecified atom stereocenters. The molecule has 0 aromatic heterocycles. The van der Waals surface area contributed by atoms with Crippen LogP contribution in [0.2, 0.25) is 10.0 Å². The molecule has 2 rings (SSSR count). The fourth-order valence-corrected chi connectivity index (χ4v) is 4.55. The maximum absolute atomic E-state index is 12.4. The summed E-state index contributed by atoms with van der Waals surface area (Å²) in [5.74, 6) is -0.301. The van der Waals surface area contributed by atoms with E-state index in [1.165, 1.54) is 18.2 Å². The van der Waals surface area contributed by atoms with Crippen molar-refractivity contribution in [3.8, 4) is 5.75 Å². The minimum absolute atomic E-state index is 0.0477. The van der Waals surface area contributed by atoms with E-state index in [9.17, 15) is 13.5 Å². The second-order valence-corrected chi connectivity index (χ2v) is 8.20. The first-order chi connectivity index (χ1) is 9.70. The minimum Gasteiger partial charge on any atom is -0.505 e. The Balaban J connectivity index is 2.45. The van der Waals surface area contributed by atoms with E-state index in [1.54, 1.807) is 12.1 Å². The summed E-state index contributed by atoms with van der Waals surface area (Å²) in [5, 5.41) is 9.38. The molecule has 9 heteroatoms. The predicted molar refractivity (Wildman–Crippen MR) is 90.8 cm³/mol. The van der Waals surface area contributed by atoms with Gasteiger partial charge in [-0.3, -0.25) is 4.72 Å². The Morgan fingerprint density at radius 2 is 1.62 bits per heavy atom. The third kappa shape index (κ3) is 3.84. The van der Waals surface area contributed by atoms with Crippen molar-refractivity contribution in [3.05, 3.63) is 49.3 Å². The van der Waals surface area contributed by atoms with Gasteiger partial charge in [-0.1, -0.05) is 39.1 Å². The quantitative estimate of drug-likeness (QED) is 0.612. The van der Waals surface area contributed by atoms with Gasteiger partial charge in [-0.2, -0.15) is 0 Å². The van der Waals surface area contributed by atoms with Crippen molar-refractivity contribution in [3.63, 3.8) is 0 Å². The lowest BCUT2D eigenvalue weighted by molar-refractivity contribution is 0.476. The van der Waals surface area contributed by atoms with Crippen molar-refractivity contribution in [1.29, 1.82) is 0 Å². The summed E-state index contributed by atoms with van der Waals surface area (Å²) in [5.41, 5.74) is 0.148. The SMILES string of the molecule is O=S(=O)(Nc1cc(Cl)c(O)c(Cl)c1)c1cc(Br)ccc1Br. The van der Waals surface area contributed by atoms with Crippen LogP contribution in [0.15, 0.2) is 44.2 Å². The number of sulfonamides is 1. The molecule has 0 spiro atoms. The highest BCUT2D eigenvalue weighted by atomic mass is 79.9. The zero-order valence-electron chi connectivity index (χ0n) is 10.1. The molecule has 112 valence electrons. The Bertz CT molecular complexity index is 789. The fraction of sp³-hybridized carbons (Fsp3) is 0. The molecule has 0 bridgehead atoms. The summed E-state index contributed by atoms with van der Waals surface area (Å²) in [7, 11) is -3.84. The van der Waals surface area contributed by atoms with Crippen LogP contribution in [0.3, 0.4) is 0 Å². The summed E-state index contributed by atoms with van der Waals surface area (Å²) in [4.78, 5) is 0.0530. The molecule has 2 aromatic rings. The molecule has 0 radical (unpaired) electrons. The Kier molecular flexibility index (Phi) is 5.10. The van der Waals surface area contributed by atoms with Crippen LogP contribution in [-0.4, -0.2) is 13.5 Å². The summed E-state index contributed by atoms with van der Waals surface area (Å²) in [6.45, 7) is 0. The maximum atomic E-state index is 12.4. The first-order valence-corrected chi connectivity index (χ1v) is 9.19. The second kappa shape index (κ2) is 6.34. The van der Waals surface area contributed by atoms with Crippen molar-refractivity contribution in [1.82, 2.24) is 0 Å². The van der Waals surface area contributed by atoms with Crippen LogP contribution in [0.4, 0.5) is 5.69 Å². The van der Waals surface area contributed by atoms with Gasteiger partial charge in [-0.05, 0) is 46.3 Å². The van der Waals surface area contributed by atoms with Crippen LogP contribution in [0.1, 0.15) is 0 Å². The lowest BCUT2D eigenvalue weighted by atomic mass is 10.3. The molecule has 0 aliphatic carbocycles. The lowest BCUT2D eigenvalue weighted by Crippen LogP contribution is -2.13. The van der Waals surface area contributed by atoms with E-state index in [2.05, 4.69) is 36.6 Å². The number of nitrogens with one attached hydrogen (secondary N) is 1. The maximum Gasteiger partial charge on any atom is 0.263 e. The highest BCUT2D eigenvalue weighted by Crippen LogP contribution is 2.36. The first kappa shape index (κ1) is 16.9. The van der Waals surface area contributed by atoms with Crippen LogP contribution in [0, 0.1) is 0 Å². The van der Waals surface area contributed by atoms with Crippen molar-refractivity contribution < 1.29 is 13.5 Å². The zero-order valence-corrected chi connectivity index (χ0v) is 15.6. The number of hydrogen-bond acceptors (Lipinski definition) is 3. The van der Waals surface area contributed by atoms with Gasteiger partial charge in [0.25, 0.3) is 10.0 Å². The standard InChI is InChI=1S/C12H7Br2Cl2NO3S/c13-6-1-2-8(14)11(3-6)21(19,20)17-7-4-9(15)12(18)10(16)5-7/h1-5,17-18H. The molecular formula is C12H7Br2Cl2NO3S. The van der Waals surface area contributed by atoms with E-state index < -0.39 is 10.0 Å². The van der Waals surface area contributed by atoms with E-state index in [4.69, 9.17) is 23.2 Å². The summed E-state index contributed by atoms with van der Waals surface area (Å²) in [6, 6.07) is 7.31. The number of aromatic hydroxyl groups is 1. The van der Waals surface area contributed by atoms with Crippen molar-refractivity contribution in [2.24, 2.45) is 0 Å². The molecule has 0 aliphatic rings. The van der Waals surface area contributed by atoms with Crippen LogP contribution in [0.5, 0.6) is 5.75 Å². The summed E-state index contributed by atoms with van der Waals surface area (Å²) >= 11 is 17.9. The average Bonchev–Trinajstić information content (AvgIpc) is 2.38. The number of halogens is 4. The molecule has 0 atom stereocenters. The van der Waals surface area contributed by atoms with E-state index in [0.29, 0.717) is 8.95 Å². The average molecular weight is 476 g/mol. The van der Waals surface area contributed by atoms with Crippen LogP contribution in [-0.2, 0) is 10.0 Å². The second-order valence-electron chi connectivity index (χ2n) is 3.97. The number of anilines is 1. The molecule has 0 saturated heterocycles. The third-order valence-electron chi connectivity index (χ3n) is 2.45. The molecule has 2 aromatic carbocycles. The van der Waals surface area contributed by atoms with Gasteiger partial charge in [0, 0.05) is 8.95 Å². The van der Waals surface area contributed by atoms with E-state index in [-0.39, 0.29) is 26.4 Å². The molecule has 0 saturated carbocycles. The van der Waals surface area contributed by atoms with Gasteiger partial charge >= 0.3 is 0 Å². The van der Waals surface area contributed by atoms with Crippen LogP contribution < -0.4 is 4.72 Å². The monoisotopic (exact) mass is 473 g/mol. The van der Waals surface area contributed by atoms with Crippen molar-refractivity contribution in [2.45, 2.75) is 4.90 Å². The normalized spacial score (nSPS) is 11.4. The fourth-order valence-electron chi connectivity index (χ4n) is 1.52. The largest absolute Gasteiger partial charge is 0.505 e. The van der Waals surface area contributed by atoms with Crippen LogP contribution >= 0.6 is 55.1 Å². The molecular weight excluding hydrogens is 469 g/mol. The summed E-state index contributed by atoms with van der Waals surface area (Å²) < 4.78 is 28.1. The van der Waals surface area contributed by atoms with Crippen molar-refractivity contribution in [2.75, 3.05) is 4.72 Å². The molecule has 2 N–H and O–H groups in total. The Hall–Kier alpha value is -0.470. The molecule has 0 fully saturated rings. The van der Waals surface area contributed by atoms with Gasteiger partial charge in [0.15, 0.2) is 5.75 Å². The van der Waals surface area contributed by atoms with Gasteiger partial charge in [0.2, 0.25) is 0 Å². The third-order valence-corrected chi connectivity index (χ3v) is 5.90. The zero-order chi connectivity index (χ0) is 15.8. The molecule has 21 heavy (non-hydrogen) atoms.